The van der Waals surface area contributed by atoms with Crippen LogP contribution >= 0.6 is 46.1 Å². The number of nitrogens with zero attached hydrogens (tertiary/aromatic N) is 1. The normalized spacial score (nSPS) is 10.6. The van der Waals surface area contributed by atoms with Gasteiger partial charge in [0.2, 0.25) is 0 Å². The van der Waals surface area contributed by atoms with Crippen molar-refractivity contribution in [1.29, 1.82) is 0 Å². The number of carbonyl (C=O) groups is 2. The van der Waals surface area contributed by atoms with Crippen LogP contribution in [0.2, 0.25) is 15.1 Å². The van der Waals surface area contributed by atoms with Gasteiger partial charge in [-0.3, -0.25) is 15.4 Å². The van der Waals surface area contributed by atoms with Crippen molar-refractivity contribution < 1.29 is 9.59 Å². The lowest BCUT2D eigenvalue weighted by atomic mass is 10.2. The van der Waals surface area contributed by atoms with Crippen molar-refractivity contribution in [2.45, 2.75) is 0 Å². The molecule has 0 aliphatic heterocycles. The molecule has 122 valence electrons. The number of hydrogen-bond donors (Lipinski definition) is 2. The minimum Gasteiger partial charge on any atom is -0.283 e. The Kier molecular flexibility index (Phi) is 4.91. The lowest BCUT2D eigenvalue weighted by Crippen LogP contribution is -2.34. The van der Waals surface area contributed by atoms with Gasteiger partial charge in [0.1, 0.15) is 0 Å². The van der Waals surface area contributed by atoms with Gasteiger partial charge < -0.3 is 0 Å². The summed E-state index contributed by atoms with van der Waals surface area (Å²) in [4.78, 5) is 28.3. The molecule has 0 bridgehead atoms. The van der Waals surface area contributed by atoms with Crippen LogP contribution in [0.4, 0.5) is 9.93 Å². The quantitative estimate of drug-likeness (QED) is 0.619. The molecule has 0 radical (unpaired) electrons. The smallest absolute Gasteiger partial charge is 0.283 e. The minimum absolute atomic E-state index is 0.0343. The van der Waals surface area contributed by atoms with Crippen molar-refractivity contribution in [2.24, 2.45) is 0 Å². The Morgan fingerprint density at radius 3 is 2.46 bits per heavy atom. The molecule has 0 fully saturated rings. The van der Waals surface area contributed by atoms with E-state index in [1.165, 1.54) is 23.5 Å². The van der Waals surface area contributed by atoms with Gasteiger partial charge in [-0.2, -0.15) is 0 Å². The van der Waals surface area contributed by atoms with E-state index in [-0.39, 0.29) is 15.6 Å². The molecule has 0 unspecified atom stereocenters. The molecule has 0 aliphatic rings. The number of thiazole rings is 1. The highest BCUT2D eigenvalue weighted by atomic mass is 35.5. The number of anilines is 1. The Morgan fingerprint density at radius 2 is 1.75 bits per heavy atom. The molecule has 0 saturated carbocycles. The topological polar surface area (TPSA) is 71.1 Å². The van der Waals surface area contributed by atoms with Crippen LogP contribution in [0, 0.1) is 0 Å². The monoisotopic (exact) mass is 399 g/mol. The van der Waals surface area contributed by atoms with Crippen LogP contribution in [0.25, 0.3) is 10.2 Å². The molecule has 0 spiro atoms. The number of nitrogens with one attached hydrogen (secondary N) is 2. The average molecular weight is 401 g/mol. The zero-order valence-electron chi connectivity index (χ0n) is 11.8. The van der Waals surface area contributed by atoms with Gasteiger partial charge in [0.05, 0.1) is 25.8 Å². The molecular formula is C15H8Cl3N3O2S. The Balaban J connectivity index is 1.73. The molecule has 1 aromatic heterocycles. The highest BCUT2D eigenvalue weighted by Gasteiger charge is 2.17. The molecule has 5 nitrogen and oxygen atoms in total. The van der Waals surface area contributed by atoms with E-state index in [0.717, 1.165) is 4.70 Å². The summed E-state index contributed by atoms with van der Waals surface area (Å²) < 4.78 is 0.857. The van der Waals surface area contributed by atoms with Gasteiger partial charge in [-0.25, -0.2) is 9.78 Å². The molecule has 3 rings (SSSR count). The first kappa shape index (κ1) is 17.0. The van der Waals surface area contributed by atoms with E-state index in [2.05, 4.69) is 15.6 Å². The third-order valence-electron chi connectivity index (χ3n) is 2.99. The number of carbonyl (C=O) groups excluding carboxylic acids is 2. The fourth-order valence-electron chi connectivity index (χ4n) is 1.96. The van der Waals surface area contributed by atoms with E-state index < -0.39 is 11.9 Å². The SMILES string of the molecule is O=C(NC(=O)c1c(Cl)cccc1Cl)Nc1nc2cc(Cl)ccc2s1. The minimum atomic E-state index is -0.735. The zero-order chi connectivity index (χ0) is 17.3. The summed E-state index contributed by atoms with van der Waals surface area (Å²) in [5.74, 6) is -0.702. The number of amides is 3. The van der Waals surface area contributed by atoms with Crippen molar-refractivity contribution in [3.8, 4) is 0 Å². The van der Waals surface area contributed by atoms with Crippen LogP contribution in [0.1, 0.15) is 10.4 Å². The molecule has 0 aliphatic carbocycles. The number of aromatic nitrogens is 1. The molecule has 2 aromatic carbocycles. The van der Waals surface area contributed by atoms with E-state index in [0.29, 0.717) is 15.7 Å². The number of hydrogen-bond acceptors (Lipinski definition) is 4. The Labute approximate surface area is 155 Å². The predicted octanol–water partition coefficient (Wildman–Crippen LogP) is 5.22. The first-order valence-corrected chi connectivity index (χ1v) is 8.51. The summed E-state index contributed by atoms with van der Waals surface area (Å²) in [6, 6.07) is 9.11. The van der Waals surface area contributed by atoms with E-state index in [1.54, 1.807) is 24.3 Å². The second-order valence-corrected chi connectivity index (χ2v) is 6.92. The standard InChI is InChI=1S/C15H8Cl3N3O2S/c16-7-4-5-11-10(6-7)19-15(24-11)21-14(23)20-13(22)12-8(17)2-1-3-9(12)18/h1-6H,(H2,19,20,21,22,23). The number of fused-ring (bicyclic) bond motifs is 1. The van der Waals surface area contributed by atoms with Crippen LogP contribution in [-0.2, 0) is 0 Å². The Morgan fingerprint density at radius 1 is 1.04 bits per heavy atom. The van der Waals surface area contributed by atoms with Gasteiger partial charge in [0.15, 0.2) is 5.13 Å². The van der Waals surface area contributed by atoms with E-state index >= 15 is 0 Å². The first-order chi connectivity index (χ1) is 11.4. The predicted molar refractivity (Wildman–Crippen MR) is 97.6 cm³/mol. The van der Waals surface area contributed by atoms with Crippen LogP contribution in [0.3, 0.4) is 0 Å². The number of urea groups is 1. The molecule has 0 atom stereocenters. The van der Waals surface area contributed by atoms with E-state index in [9.17, 15) is 9.59 Å². The molecule has 3 aromatic rings. The van der Waals surface area contributed by atoms with Gasteiger partial charge in [-0.05, 0) is 30.3 Å². The third kappa shape index (κ3) is 3.62. The maximum absolute atomic E-state index is 12.1. The maximum atomic E-state index is 12.1. The number of rotatable bonds is 2. The molecule has 9 heteroatoms. The number of benzene rings is 2. The Hall–Kier alpha value is -1.86. The second kappa shape index (κ2) is 6.94. The largest absolute Gasteiger partial charge is 0.327 e. The van der Waals surface area contributed by atoms with Crippen LogP contribution in [-0.4, -0.2) is 16.9 Å². The van der Waals surface area contributed by atoms with Gasteiger partial charge in [-0.1, -0.05) is 52.2 Å². The highest BCUT2D eigenvalue weighted by Crippen LogP contribution is 2.28. The van der Waals surface area contributed by atoms with Gasteiger partial charge in [-0.15, -0.1) is 0 Å². The fraction of sp³-hybridized carbons (Fsp3) is 0. The zero-order valence-corrected chi connectivity index (χ0v) is 14.9. The molecule has 24 heavy (non-hydrogen) atoms. The van der Waals surface area contributed by atoms with E-state index in [4.69, 9.17) is 34.8 Å². The first-order valence-electron chi connectivity index (χ1n) is 6.56. The van der Waals surface area contributed by atoms with Crippen molar-refractivity contribution in [2.75, 3.05) is 5.32 Å². The number of halogens is 3. The number of imide groups is 1. The van der Waals surface area contributed by atoms with Gasteiger partial charge >= 0.3 is 6.03 Å². The van der Waals surface area contributed by atoms with Crippen molar-refractivity contribution >= 4 is 73.4 Å². The van der Waals surface area contributed by atoms with Crippen LogP contribution in [0.5, 0.6) is 0 Å². The summed E-state index contributed by atoms with van der Waals surface area (Å²) in [5.41, 5.74) is 0.690. The highest BCUT2D eigenvalue weighted by molar-refractivity contribution is 7.22. The average Bonchev–Trinajstić information content (AvgIpc) is 2.87. The van der Waals surface area contributed by atoms with Gasteiger partial charge in [0.25, 0.3) is 5.91 Å². The maximum Gasteiger partial charge on any atom is 0.327 e. The molecule has 0 saturated heterocycles. The van der Waals surface area contributed by atoms with Crippen molar-refractivity contribution in [3.63, 3.8) is 0 Å². The summed E-state index contributed by atoms with van der Waals surface area (Å²) in [6.07, 6.45) is 0. The molecule has 2 N–H and O–H groups in total. The van der Waals surface area contributed by atoms with Crippen molar-refractivity contribution in [3.05, 3.63) is 57.0 Å². The third-order valence-corrected chi connectivity index (χ3v) is 4.80. The molecule has 1 heterocycles. The second-order valence-electron chi connectivity index (χ2n) is 4.64. The van der Waals surface area contributed by atoms with Gasteiger partial charge in [0, 0.05) is 5.02 Å². The van der Waals surface area contributed by atoms with Crippen LogP contribution < -0.4 is 10.6 Å². The summed E-state index contributed by atoms with van der Waals surface area (Å²) in [6.45, 7) is 0. The van der Waals surface area contributed by atoms with Crippen LogP contribution in [0.15, 0.2) is 36.4 Å². The van der Waals surface area contributed by atoms with Crippen molar-refractivity contribution in [1.82, 2.24) is 10.3 Å². The van der Waals surface area contributed by atoms with E-state index in [1.807, 2.05) is 0 Å². The summed E-state index contributed by atoms with van der Waals surface area (Å²) in [5, 5.41) is 5.86. The lowest BCUT2D eigenvalue weighted by Gasteiger charge is -2.07. The molecule has 3 amide bonds. The fourth-order valence-corrected chi connectivity index (χ4v) is 3.54. The summed E-state index contributed by atoms with van der Waals surface area (Å²) in [7, 11) is 0. The molecular weight excluding hydrogens is 393 g/mol. The summed E-state index contributed by atoms with van der Waals surface area (Å²) >= 11 is 19.0. The lowest BCUT2D eigenvalue weighted by molar-refractivity contribution is 0.0967. The Bertz CT molecular complexity index is 938.